The van der Waals surface area contributed by atoms with Gasteiger partial charge in [0, 0.05) is 12.8 Å². The maximum Gasteiger partial charge on any atom is 0.306 e. The minimum absolute atomic E-state index is 0.163. The normalized spacial score (nSPS) is 21.0. The van der Waals surface area contributed by atoms with E-state index in [4.69, 9.17) is 18.9 Å². The molecule has 0 amide bonds. The minimum atomic E-state index is -4.60. The van der Waals surface area contributed by atoms with Crippen molar-refractivity contribution in [2.24, 2.45) is 0 Å². The molecular weight excluding hydrogens is 741 g/mol. The zero-order valence-corrected chi connectivity index (χ0v) is 35.3. The van der Waals surface area contributed by atoms with Crippen LogP contribution >= 0.6 is 0 Å². The predicted molar refractivity (Wildman–Crippen MR) is 219 cm³/mol. The number of hydrogen-bond donors (Lipinski definition) is 4. The number of ether oxygens (including phenoxy) is 4. The van der Waals surface area contributed by atoms with Crippen LogP contribution in [0.25, 0.3) is 0 Å². The third kappa shape index (κ3) is 28.3. The van der Waals surface area contributed by atoms with Gasteiger partial charge in [0.15, 0.2) is 12.4 Å². The SMILES string of the molecule is CC/C=C/C/C=C/C/C=C/CCCCCCCC(=O)OC[C@H](CO[C@H]1O[C@H](CS(=O)(=O)O)[C@@H](O)C(O)C1O)OC(=O)CCCCCCCCCCCCCCC. The summed E-state index contributed by atoms with van der Waals surface area (Å²) in [4.78, 5) is 25.3. The summed E-state index contributed by atoms with van der Waals surface area (Å²) in [5.74, 6) is -2.00. The molecule has 1 fully saturated rings. The van der Waals surface area contributed by atoms with Crippen LogP contribution in [0, 0.1) is 0 Å². The number of unbranched alkanes of at least 4 members (excludes halogenated alkanes) is 17. The molecule has 0 aliphatic carbocycles. The third-order valence-corrected chi connectivity index (χ3v) is 10.5. The van der Waals surface area contributed by atoms with Crippen molar-refractivity contribution >= 4 is 22.1 Å². The summed E-state index contributed by atoms with van der Waals surface area (Å²) in [7, 11) is -4.60. The summed E-state index contributed by atoms with van der Waals surface area (Å²) >= 11 is 0. The lowest BCUT2D eigenvalue weighted by atomic mass is 10.00. The van der Waals surface area contributed by atoms with Gasteiger partial charge in [-0.2, -0.15) is 8.42 Å². The lowest BCUT2D eigenvalue weighted by Crippen LogP contribution is -2.60. The lowest BCUT2D eigenvalue weighted by Gasteiger charge is -2.40. The van der Waals surface area contributed by atoms with Gasteiger partial charge < -0.3 is 34.3 Å². The van der Waals surface area contributed by atoms with Crippen molar-refractivity contribution in [1.82, 2.24) is 0 Å². The number of carbonyl (C=O) groups is 2. The highest BCUT2D eigenvalue weighted by Gasteiger charge is 2.46. The first-order valence-electron chi connectivity index (χ1n) is 21.5. The molecule has 1 aliphatic rings. The first-order chi connectivity index (χ1) is 27.0. The summed E-state index contributed by atoms with van der Waals surface area (Å²) in [5, 5.41) is 30.8. The number of aliphatic hydroxyl groups is 3. The first-order valence-corrected chi connectivity index (χ1v) is 23.2. The number of aliphatic hydroxyl groups excluding tert-OH is 3. The molecule has 0 aromatic rings. The van der Waals surface area contributed by atoms with Gasteiger partial charge in [0.2, 0.25) is 0 Å². The maximum atomic E-state index is 12.8. The molecule has 0 radical (unpaired) electrons. The van der Waals surface area contributed by atoms with Gasteiger partial charge in [-0.1, -0.05) is 147 Å². The van der Waals surface area contributed by atoms with Crippen LogP contribution in [0.5, 0.6) is 0 Å². The molecule has 12 nitrogen and oxygen atoms in total. The molecule has 13 heteroatoms. The van der Waals surface area contributed by atoms with Crippen molar-refractivity contribution in [1.29, 1.82) is 0 Å². The Bertz CT molecular complexity index is 1190. The molecule has 1 heterocycles. The van der Waals surface area contributed by atoms with Crippen molar-refractivity contribution in [3.05, 3.63) is 36.5 Å². The van der Waals surface area contributed by atoms with E-state index in [9.17, 15) is 37.9 Å². The van der Waals surface area contributed by atoms with E-state index < -0.39 is 71.2 Å². The molecule has 4 N–H and O–H groups in total. The Morgan fingerprint density at radius 2 is 1.12 bits per heavy atom. The number of esters is 2. The van der Waals surface area contributed by atoms with Crippen LogP contribution in [0.2, 0.25) is 0 Å². The van der Waals surface area contributed by atoms with Gasteiger partial charge in [-0.05, 0) is 44.9 Å². The molecule has 56 heavy (non-hydrogen) atoms. The van der Waals surface area contributed by atoms with E-state index in [2.05, 4.69) is 50.3 Å². The summed E-state index contributed by atoms with van der Waals surface area (Å²) in [5.41, 5.74) is 0. The Balaban J connectivity index is 2.48. The number of allylic oxidation sites excluding steroid dienone is 6. The van der Waals surface area contributed by atoms with Crippen LogP contribution in [-0.4, -0.2) is 96.0 Å². The molecule has 1 aliphatic heterocycles. The van der Waals surface area contributed by atoms with E-state index in [-0.39, 0.29) is 19.4 Å². The van der Waals surface area contributed by atoms with Gasteiger partial charge in [0.05, 0.1) is 6.61 Å². The lowest BCUT2D eigenvalue weighted by molar-refractivity contribution is -0.297. The molecule has 2 unspecified atom stereocenters. The van der Waals surface area contributed by atoms with Crippen LogP contribution in [0.3, 0.4) is 0 Å². The van der Waals surface area contributed by atoms with E-state index in [1.807, 2.05) is 0 Å². The molecular formula is C43H76O12S. The Labute approximate surface area is 338 Å². The zero-order chi connectivity index (χ0) is 41.3. The smallest absolute Gasteiger partial charge is 0.306 e. The highest BCUT2D eigenvalue weighted by atomic mass is 32.2. The van der Waals surface area contributed by atoms with Crippen molar-refractivity contribution in [2.45, 2.75) is 205 Å². The summed E-state index contributed by atoms with van der Waals surface area (Å²) < 4.78 is 54.0. The largest absolute Gasteiger partial charge is 0.462 e. The highest BCUT2D eigenvalue weighted by Crippen LogP contribution is 2.24. The second-order valence-corrected chi connectivity index (χ2v) is 16.5. The van der Waals surface area contributed by atoms with Crippen molar-refractivity contribution < 1.29 is 56.8 Å². The molecule has 0 aromatic heterocycles. The molecule has 1 saturated heterocycles. The van der Waals surface area contributed by atoms with Crippen LogP contribution in [0.1, 0.15) is 168 Å². The van der Waals surface area contributed by atoms with Gasteiger partial charge >= 0.3 is 11.9 Å². The predicted octanol–water partition coefficient (Wildman–Crippen LogP) is 8.22. The fraction of sp³-hybridized carbons (Fsp3) is 0.814. The van der Waals surface area contributed by atoms with Gasteiger partial charge in [-0.15, -0.1) is 0 Å². The van der Waals surface area contributed by atoms with Crippen molar-refractivity contribution in [3.8, 4) is 0 Å². The highest BCUT2D eigenvalue weighted by molar-refractivity contribution is 7.85. The Hall–Kier alpha value is -2.13. The second-order valence-electron chi connectivity index (χ2n) is 15.0. The molecule has 0 aromatic carbocycles. The molecule has 6 atom stereocenters. The molecule has 1 rings (SSSR count). The standard InChI is InChI=1S/C43H76O12S/c1-3-5-7-9-11-13-15-17-18-20-21-23-25-27-29-31-38(44)52-33-36(34-53-43-42(48)41(47)40(46)37(55-43)35-56(49,50)51)54-39(45)32-30-28-26-24-22-19-16-14-12-10-8-6-4-2/h5,7,11,13,17-18,36-37,40-43,46-48H,3-4,6,8-10,12,14-16,19-35H2,1-2H3,(H,49,50,51)/b7-5+,13-11+,18-17+/t36-,37-,40-,41?,42?,43+/m1/s1. The number of hydrogen-bond acceptors (Lipinski definition) is 11. The Morgan fingerprint density at radius 1 is 0.625 bits per heavy atom. The van der Waals surface area contributed by atoms with E-state index >= 15 is 0 Å². The quantitative estimate of drug-likeness (QED) is 0.0208. The topological polar surface area (TPSA) is 186 Å². The first kappa shape index (κ1) is 51.9. The van der Waals surface area contributed by atoms with Gasteiger partial charge in [-0.25, -0.2) is 0 Å². The summed E-state index contributed by atoms with van der Waals surface area (Å²) in [6.07, 6.45) is 27.6. The summed E-state index contributed by atoms with van der Waals surface area (Å²) in [6.45, 7) is 3.62. The Kier molecular flexibility index (Phi) is 31.3. The average Bonchev–Trinajstić information content (AvgIpc) is 3.16. The maximum absolute atomic E-state index is 12.8. The zero-order valence-electron chi connectivity index (χ0n) is 34.5. The fourth-order valence-electron chi connectivity index (χ4n) is 6.40. The van der Waals surface area contributed by atoms with E-state index in [0.29, 0.717) is 12.8 Å². The third-order valence-electron chi connectivity index (χ3n) is 9.73. The minimum Gasteiger partial charge on any atom is -0.462 e. The van der Waals surface area contributed by atoms with Crippen molar-refractivity contribution in [2.75, 3.05) is 19.0 Å². The van der Waals surface area contributed by atoms with Crippen LogP contribution < -0.4 is 0 Å². The van der Waals surface area contributed by atoms with Crippen LogP contribution in [-0.2, 0) is 38.7 Å². The Morgan fingerprint density at radius 3 is 1.68 bits per heavy atom. The summed E-state index contributed by atoms with van der Waals surface area (Å²) in [6, 6.07) is 0. The van der Waals surface area contributed by atoms with Gasteiger partial charge in [0.25, 0.3) is 10.1 Å². The monoisotopic (exact) mass is 817 g/mol. The van der Waals surface area contributed by atoms with E-state index in [1.165, 1.54) is 57.8 Å². The second kappa shape index (κ2) is 33.8. The fourth-order valence-corrected chi connectivity index (χ4v) is 7.09. The van der Waals surface area contributed by atoms with Crippen LogP contribution in [0.4, 0.5) is 0 Å². The number of carbonyl (C=O) groups excluding carboxylic acids is 2. The van der Waals surface area contributed by atoms with Crippen LogP contribution in [0.15, 0.2) is 36.5 Å². The van der Waals surface area contributed by atoms with Gasteiger partial charge in [-0.3, -0.25) is 14.1 Å². The molecule has 0 spiro atoms. The molecule has 0 bridgehead atoms. The van der Waals surface area contributed by atoms with Crippen molar-refractivity contribution in [3.63, 3.8) is 0 Å². The van der Waals surface area contributed by atoms with E-state index in [1.54, 1.807) is 0 Å². The molecule has 326 valence electrons. The van der Waals surface area contributed by atoms with E-state index in [0.717, 1.165) is 70.6 Å². The molecule has 0 saturated carbocycles. The average molecular weight is 817 g/mol. The van der Waals surface area contributed by atoms with Gasteiger partial charge in [0.1, 0.15) is 36.8 Å². The number of rotatable bonds is 35.